The normalized spacial score (nSPS) is 9.93. The van der Waals surface area contributed by atoms with Crippen LogP contribution >= 0.6 is 0 Å². The van der Waals surface area contributed by atoms with Crippen LogP contribution < -0.4 is 4.74 Å². The number of carbonyl (C=O) groups excluding carboxylic acids is 1. The zero-order valence-corrected chi connectivity index (χ0v) is 8.34. The van der Waals surface area contributed by atoms with Gasteiger partial charge < -0.3 is 9.53 Å². The second-order valence-electron chi connectivity index (χ2n) is 3.14. The second kappa shape index (κ2) is 4.74. The van der Waals surface area contributed by atoms with Crippen molar-refractivity contribution in [1.29, 1.82) is 0 Å². The summed E-state index contributed by atoms with van der Waals surface area (Å²) in [6.45, 7) is 1.50. The summed E-state index contributed by atoms with van der Waals surface area (Å²) in [5, 5.41) is 0. The molecule has 0 saturated carbocycles. The lowest BCUT2D eigenvalue weighted by molar-refractivity contribution is -0.116. The van der Waals surface area contributed by atoms with E-state index in [-0.39, 0.29) is 17.3 Å². The Morgan fingerprint density at radius 1 is 1.50 bits per heavy atom. The van der Waals surface area contributed by atoms with Gasteiger partial charge >= 0.3 is 0 Å². The summed E-state index contributed by atoms with van der Waals surface area (Å²) in [7, 11) is 1.42. The molecule has 0 bridgehead atoms. The van der Waals surface area contributed by atoms with E-state index >= 15 is 0 Å². The number of aryl methyl sites for hydroxylation is 1. The summed E-state index contributed by atoms with van der Waals surface area (Å²) in [4.78, 5) is 10.7. The van der Waals surface area contributed by atoms with Gasteiger partial charge in [0.05, 0.1) is 7.11 Å². The van der Waals surface area contributed by atoms with Crippen molar-refractivity contribution >= 4 is 5.78 Å². The summed E-state index contributed by atoms with van der Waals surface area (Å²) in [6.07, 6.45) is 0.794. The molecule has 0 aliphatic carbocycles. The number of benzene rings is 1. The average molecular weight is 196 g/mol. The van der Waals surface area contributed by atoms with E-state index in [1.54, 1.807) is 18.2 Å². The molecule has 0 atom stereocenters. The zero-order chi connectivity index (χ0) is 10.6. The Hall–Kier alpha value is -1.38. The van der Waals surface area contributed by atoms with Gasteiger partial charge in [0.25, 0.3) is 0 Å². The number of hydrogen-bond donors (Lipinski definition) is 0. The van der Waals surface area contributed by atoms with Crippen molar-refractivity contribution in [2.75, 3.05) is 7.11 Å². The van der Waals surface area contributed by atoms with Gasteiger partial charge in [-0.15, -0.1) is 0 Å². The number of carbonyl (C=O) groups is 1. The molecule has 1 aromatic rings. The lowest BCUT2D eigenvalue weighted by Crippen LogP contribution is -1.98. The Kier molecular flexibility index (Phi) is 3.63. The van der Waals surface area contributed by atoms with Crippen molar-refractivity contribution in [1.82, 2.24) is 0 Å². The Labute approximate surface area is 82.7 Å². The summed E-state index contributed by atoms with van der Waals surface area (Å²) >= 11 is 0. The van der Waals surface area contributed by atoms with Gasteiger partial charge in [-0.3, -0.25) is 0 Å². The third-order valence-electron chi connectivity index (χ3n) is 2.01. The van der Waals surface area contributed by atoms with Gasteiger partial charge in [-0.25, -0.2) is 4.39 Å². The highest BCUT2D eigenvalue weighted by molar-refractivity contribution is 5.75. The quantitative estimate of drug-likeness (QED) is 0.738. The highest BCUT2D eigenvalue weighted by atomic mass is 19.1. The van der Waals surface area contributed by atoms with E-state index in [1.807, 2.05) is 0 Å². The molecule has 0 amide bonds. The second-order valence-corrected chi connectivity index (χ2v) is 3.14. The van der Waals surface area contributed by atoms with Crippen LogP contribution in [0.4, 0.5) is 4.39 Å². The van der Waals surface area contributed by atoms with E-state index in [1.165, 1.54) is 14.0 Å². The van der Waals surface area contributed by atoms with E-state index in [0.717, 1.165) is 0 Å². The molecule has 0 saturated heterocycles. The lowest BCUT2D eigenvalue weighted by atomic mass is 10.1. The molecule has 0 aliphatic rings. The zero-order valence-electron chi connectivity index (χ0n) is 8.34. The first-order chi connectivity index (χ1) is 6.65. The summed E-state index contributed by atoms with van der Waals surface area (Å²) < 4.78 is 18.3. The van der Waals surface area contributed by atoms with Crippen molar-refractivity contribution in [3.05, 3.63) is 29.6 Å². The number of ketones is 1. The molecule has 3 heteroatoms. The van der Waals surface area contributed by atoms with Crippen LogP contribution in [-0.4, -0.2) is 12.9 Å². The first-order valence-electron chi connectivity index (χ1n) is 4.46. The molecule has 0 unspecified atom stereocenters. The van der Waals surface area contributed by atoms with E-state index in [4.69, 9.17) is 4.74 Å². The molecule has 0 aliphatic heterocycles. The summed E-state index contributed by atoms with van der Waals surface area (Å²) in [5.74, 6) is -0.0745. The van der Waals surface area contributed by atoms with Crippen molar-refractivity contribution in [2.24, 2.45) is 0 Å². The maximum atomic E-state index is 13.5. The molecule has 1 rings (SSSR count). The highest BCUT2D eigenvalue weighted by Crippen LogP contribution is 2.20. The molecular formula is C11H13FO2. The lowest BCUT2D eigenvalue weighted by Gasteiger charge is -2.05. The van der Waals surface area contributed by atoms with Crippen LogP contribution in [0, 0.1) is 5.82 Å². The van der Waals surface area contributed by atoms with E-state index < -0.39 is 0 Å². The Balaban J connectivity index is 2.81. The molecule has 0 heterocycles. The minimum atomic E-state index is -0.365. The predicted octanol–water partition coefficient (Wildman–Crippen LogP) is 2.36. The van der Waals surface area contributed by atoms with Crippen molar-refractivity contribution in [3.63, 3.8) is 0 Å². The molecule has 0 N–H and O–H groups in total. The van der Waals surface area contributed by atoms with Crippen LogP contribution in [0.3, 0.4) is 0 Å². The van der Waals surface area contributed by atoms with Crippen LogP contribution in [0.2, 0.25) is 0 Å². The van der Waals surface area contributed by atoms with Crippen LogP contribution in [0.15, 0.2) is 18.2 Å². The fourth-order valence-corrected chi connectivity index (χ4v) is 1.22. The highest BCUT2D eigenvalue weighted by Gasteiger charge is 2.08. The number of methoxy groups -OCH3 is 1. The van der Waals surface area contributed by atoms with Gasteiger partial charge in [-0.2, -0.15) is 0 Å². The van der Waals surface area contributed by atoms with Crippen molar-refractivity contribution in [3.8, 4) is 5.75 Å². The van der Waals surface area contributed by atoms with Gasteiger partial charge in [0.15, 0.2) is 11.6 Å². The molecular weight excluding hydrogens is 183 g/mol. The molecule has 0 radical (unpaired) electrons. The fraction of sp³-hybridized carbons (Fsp3) is 0.364. The number of rotatable bonds is 4. The van der Waals surface area contributed by atoms with E-state index in [2.05, 4.69) is 0 Å². The average Bonchev–Trinajstić information content (AvgIpc) is 2.16. The minimum absolute atomic E-state index is 0.0622. The number of ether oxygens (including phenoxy) is 1. The largest absolute Gasteiger partial charge is 0.494 e. The minimum Gasteiger partial charge on any atom is -0.494 e. The Bertz CT molecular complexity index is 334. The first kappa shape index (κ1) is 10.7. The molecule has 14 heavy (non-hydrogen) atoms. The SMILES string of the molecule is COc1cccc(CCC(C)=O)c1F. The van der Waals surface area contributed by atoms with Crippen molar-refractivity contribution in [2.45, 2.75) is 19.8 Å². The summed E-state index contributed by atoms with van der Waals surface area (Å²) in [5.41, 5.74) is 0.527. The van der Waals surface area contributed by atoms with E-state index in [0.29, 0.717) is 18.4 Å². The van der Waals surface area contributed by atoms with Gasteiger partial charge in [-0.05, 0) is 25.0 Å². The molecule has 0 spiro atoms. The van der Waals surface area contributed by atoms with Crippen LogP contribution in [0.1, 0.15) is 18.9 Å². The monoisotopic (exact) mass is 196 g/mol. The third kappa shape index (κ3) is 2.55. The third-order valence-corrected chi connectivity index (χ3v) is 2.01. The van der Waals surface area contributed by atoms with Gasteiger partial charge in [0.2, 0.25) is 0 Å². The Morgan fingerprint density at radius 2 is 2.21 bits per heavy atom. The number of halogens is 1. The summed E-state index contributed by atoms with van der Waals surface area (Å²) in [6, 6.07) is 4.95. The molecule has 1 aromatic carbocycles. The van der Waals surface area contributed by atoms with Gasteiger partial charge in [0, 0.05) is 6.42 Å². The first-order valence-corrected chi connectivity index (χ1v) is 4.46. The van der Waals surface area contributed by atoms with Crippen LogP contribution in [0.5, 0.6) is 5.75 Å². The molecule has 76 valence electrons. The van der Waals surface area contributed by atoms with Crippen LogP contribution in [0.25, 0.3) is 0 Å². The molecule has 2 nitrogen and oxygen atoms in total. The predicted molar refractivity (Wildman–Crippen MR) is 52.0 cm³/mol. The van der Waals surface area contributed by atoms with Crippen LogP contribution in [-0.2, 0) is 11.2 Å². The fourth-order valence-electron chi connectivity index (χ4n) is 1.22. The van der Waals surface area contributed by atoms with Gasteiger partial charge in [-0.1, -0.05) is 12.1 Å². The molecule has 0 aromatic heterocycles. The molecule has 0 fully saturated rings. The van der Waals surface area contributed by atoms with Gasteiger partial charge in [0.1, 0.15) is 5.78 Å². The standard InChI is InChI=1S/C11H13FO2/c1-8(13)6-7-9-4-3-5-10(14-2)11(9)12/h3-5H,6-7H2,1-2H3. The van der Waals surface area contributed by atoms with E-state index in [9.17, 15) is 9.18 Å². The van der Waals surface area contributed by atoms with Crippen molar-refractivity contribution < 1.29 is 13.9 Å². The number of Topliss-reactive ketones (excluding diaryl/α,β-unsaturated/α-hetero) is 1. The smallest absolute Gasteiger partial charge is 0.168 e. The maximum Gasteiger partial charge on any atom is 0.168 e. The topological polar surface area (TPSA) is 26.3 Å². The number of hydrogen-bond acceptors (Lipinski definition) is 2. The Morgan fingerprint density at radius 3 is 2.79 bits per heavy atom. The maximum absolute atomic E-state index is 13.5.